The van der Waals surface area contributed by atoms with Crippen LogP contribution in [0.25, 0.3) is 0 Å². The van der Waals surface area contributed by atoms with E-state index in [1.807, 2.05) is 0 Å². The normalized spacial score (nSPS) is 14.4. The third kappa shape index (κ3) is 19.9. The monoisotopic (exact) mass is 634 g/mol. The van der Waals surface area contributed by atoms with Crippen LogP contribution in [0.2, 0.25) is 0 Å². The van der Waals surface area contributed by atoms with Gasteiger partial charge in [0.05, 0.1) is 13.2 Å². The van der Waals surface area contributed by atoms with Crippen LogP contribution in [0.5, 0.6) is 0 Å². The predicted octanol–water partition coefficient (Wildman–Crippen LogP) is 11.0. The number of carbonyl (C=O) groups is 2. The molecule has 2 amide bonds. The third-order valence-electron chi connectivity index (χ3n) is 9.95. The molecule has 2 N–H and O–H groups in total. The first-order valence-electron chi connectivity index (χ1n) is 19.9. The Labute approximate surface area is 279 Å². The zero-order valence-electron chi connectivity index (χ0n) is 30.1. The van der Waals surface area contributed by atoms with E-state index in [0.29, 0.717) is 24.0 Å². The van der Waals surface area contributed by atoms with Gasteiger partial charge in [0, 0.05) is 17.8 Å². The van der Waals surface area contributed by atoms with Gasteiger partial charge in [-0.05, 0) is 31.6 Å². The van der Waals surface area contributed by atoms with Gasteiger partial charge < -0.3 is 10.2 Å². The van der Waals surface area contributed by atoms with Crippen molar-refractivity contribution in [3.63, 3.8) is 0 Å². The molecule has 45 heavy (non-hydrogen) atoms. The van der Waals surface area contributed by atoms with Gasteiger partial charge >= 0.3 is 0 Å². The molecule has 0 aromatic rings. The van der Waals surface area contributed by atoms with Gasteiger partial charge in [-0.1, -0.05) is 181 Å². The summed E-state index contributed by atoms with van der Waals surface area (Å²) in [5.41, 5.74) is 1.32. The van der Waals surface area contributed by atoms with Crippen molar-refractivity contribution in [3.8, 4) is 0 Å². The maximum absolute atomic E-state index is 13.4. The maximum atomic E-state index is 13.4. The number of hydrogen-bond donors (Lipinski definition) is 2. The Hall–Kier alpha value is -1.20. The van der Waals surface area contributed by atoms with Crippen LogP contribution in [-0.2, 0) is 9.59 Å². The van der Waals surface area contributed by atoms with Crippen LogP contribution in [0.15, 0.2) is 11.1 Å². The molecule has 264 valence electrons. The van der Waals surface area contributed by atoms with E-state index < -0.39 is 0 Å². The highest BCUT2D eigenvalue weighted by molar-refractivity contribution is 6.19. The second kappa shape index (κ2) is 30.2. The quantitative estimate of drug-likeness (QED) is 0.0546. The lowest BCUT2D eigenvalue weighted by Crippen LogP contribution is -2.35. The molecule has 1 heterocycles. The van der Waals surface area contributed by atoms with Gasteiger partial charge in [-0.25, -0.2) is 0 Å². The van der Waals surface area contributed by atoms with Crippen molar-refractivity contribution in [1.82, 2.24) is 4.90 Å². The first kappa shape index (κ1) is 41.8. The van der Waals surface area contributed by atoms with Gasteiger partial charge in [0.25, 0.3) is 11.8 Å². The van der Waals surface area contributed by atoms with Gasteiger partial charge in [-0.15, -0.1) is 0 Å². The highest BCUT2D eigenvalue weighted by atomic mass is 16.3. The van der Waals surface area contributed by atoms with Gasteiger partial charge in [-0.2, -0.15) is 0 Å². The van der Waals surface area contributed by atoms with Gasteiger partial charge in [0.1, 0.15) is 0 Å². The second-order valence-corrected chi connectivity index (χ2v) is 14.0. The molecule has 0 saturated carbocycles. The molecule has 1 rings (SSSR count). The van der Waals surface area contributed by atoms with Crippen molar-refractivity contribution in [2.24, 2.45) is 5.92 Å². The van der Waals surface area contributed by atoms with E-state index in [0.717, 1.165) is 32.1 Å². The molecule has 1 unspecified atom stereocenters. The molecule has 1 aliphatic rings. The lowest BCUT2D eigenvalue weighted by atomic mass is 9.86. The summed E-state index contributed by atoms with van der Waals surface area (Å²) < 4.78 is 0. The summed E-state index contributed by atoms with van der Waals surface area (Å²) in [5, 5.41) is 19.4. The number of nitrogens with zero attached hydrogens (tertiary/aromatic N) is 1. The number of rotatable bonds is 34. The smallest absolute Gasteiger partial charge is 0.257 e. The molecule has 1 atom stereocenters. The zero-order valence-corrected chi connectivity index (χ0v) is 30.1. The molecule has 0 aromatic carbocycles. The Bertz CT molecular complexity index is 749. The van der Waals surface area contributed by atoms with Crippen LogP contribution in [-0.4, -0.2) is 46.7 Å². The lowest BCUT2D eigenvalue weighted by Gasteiger charge is -2.19. The SMILES string of the molecule is CCCCCCCCCCCCCCCCC1=C(C(CCO)CCCCCCCCCCCCCCC)C(=O)N(CCO)C1=O. The Morgan fingerprint density at radius 2 is 0.844 bits per heavy atom. The van der Waals surface area contributed by atoms with Gasteiger partial charge in [0.15, 0.2) is 0 Å². The molecule has 0 aromatic heterocycles. The van der Waals surface area contributed by atoms with E-state index in [4.69, 9.17) is 0 Å². The van der Waals surface area contributed by atoms with E-state index in [1.54, 1.807) is 0 Å². The molecule has 0 bridgehead atoms. The van der Waals surface area contributed by atoms with Crippen molar-refractivity contribution in [2.45, 2.75) is 206 Å². The van der Waals surface area contributed by atoms with Crippen molar-refractivity contribution in [1.29, 1.82) is 0 Å². The fourth-order valence-corrected chi connectivity index (χ4v) is 7.10. The summed E-state index contributed by atoms with van der Waals surface area (Å²) >= 11 is 0. The Morgan fingerprint density at radius 3 is 1.22 bits per heavy atom. The largest absolute Gasteiger partial charge is 0.396 e. The van der Waals surface area contributed by atoms with Crippen molar-refractivity contribution >= 4 is 11.8 Å². The Morgan fingerprint density at radius 1 is 0.467 bits per heavy atom. The predicted molar refractivity (Wildman–Crippen MR) is 191 cm³/mol. The van der Waals surface area contributed by atoms with Crippen molar-refractivity contribution in [2.75, 3.05) is 19.8 Å². The standard InChI is InChI=1S/C40H75NO4/c1-3-5-7-9-11-13-15-17-19-21-23-25-27-29-31-37-38(40(45)41(33-35-43)39(37)44)36(32-34-42)30-28-26-24-22-20-18-16-14-12-10-8-6-4-2/h36,42-43H,3-35H2,1-2H3. The average molecular weight is 634 g/mol. The molecule has 5 heteroatoms. The molecular weight excluding hydrogens is 558 g/mol. The fraction of sp³-hybridized carbons (Fsp3) is 0.900. The summed E-state index contributed by atoms with van der Waals surface area (Å²) in [5.74, 6) is -0.487. The summed E-state index contributed by atoms with van der Waals surface area (Å²) in [6.07, 6.45) is 37.0. The minimum absolute atomic E-state index is 0.0280. The van der Waals surface area contributed by atoms with Crippen LogP contribution in [0, 0.1) is 5.92 Å². The fourth-order valence-electron chi connectivity index (χ4n) is 7.10. The average Bonchev–Trinajstić information content (AvgIpc) is 3.27. The minimum atomic E-state index is -0.220. The topological polar surface area (TPSA) is 77.8 Å². The molecule has 0 saturated heterocycles. The number of carbonyl (C=O) groups excluding carboxylic acids is 2. The number of imide groups is 1. The number of unbranched alkanes of at least 4 members (excludes halogenated alkanes) is 25. The summed E-state index contributed by atoms with van der Waals surface area (Å²) in [6, 6.07) is 0. The molecular formula is C40H75NO4. The van der Waals surface area contributed by atoms with E-state index in [-0.39, 0.29) is 37.5 Å². The minimum Gasteiger partial charge on any atom is -0.396 e. The first-order valence-corrected chi connectivity index (χ1v) is 19.9. The first-order chi connectivity index (χ1) is 22.1. The second-order valence-electron chi connectivity index (χ2n) is 14.0. The molecule has 0 spiro atoms. The van der Waals surface area contributed by atoms with E-state index in [2.05, 4.69) is 13.8 Å². The lowest BCUT2D eigenvalue weighted by molar-refractivity contribution is -0.138. The van der Waals surface area contributed by atoms with Gasteiger partial charge in [-0.3, -0.25) is 14.5 Å². The Balaban J connectivity index is 2.39. The van der Waals surface area contributed by atoms with E-state index >= 15 is 0 Å². The highest BCUT2D eigenvalue weighted by Gasteiger charge is 2.40. The molecule has 1 aliphatic heterocycles. The summed E-state index contributed by atoms with van der Waals surface area (Å²) in [4.78, 5) is 27.9. The van der Waals surface area contributed by atoms with Crippen LogP contribution < -0.4 is 0 Å². The number of aliphatic hydroxyl groups excluding tert-OH is 2. The highest BCUT2D eigenvalue weighted by Crippen LogP contribution is 2.34. The number of aliphatic hydroxyl groups is 2. The van der Waals surface area contributed by atoms with Crippen LogP contribution in [0.3, 0.4) is 0 Å². The van der Waals surface area contributed by atoms with Crippen molar-refractivity contribution < 1.29 is 19.8 Å². The zero-order chi connectivity index (χ0) is 32.8. The van der Waals surface area contributed by atoms with Crippen molar-refractivity contribution in [3.05, 3.63) is 11.1 Å². The third-order valence-corrected chi connectivity index (χ3v) is 9.95. The number of amides is 2. The summed E-state index contributed by atoms with van der Waals surface area (Å²) in [7, 11) is 0. The molecule has 0 fully saturated rings. The number of β-amino-alcohol motifs (C(OH)–C–C–N with tert-alkyl or cyclic N) is 1. The van der Waals surface area contributed by atoms with E-state index in [9.17, 15) is 19.8 Å². The molecule has 5 nitrogen and oxygen atoms in total. The van der Waals surface area contributed by atoms with Crippen LogP contribution in [0.4, 0.5) is 0 Å². The van der Waals surface area contributed by atoms with Gasteiger partial charge in [0.2, 0.25) is 0 Å². The van der Waals surface area contributed by atoms with E-state index in [1.165, 1.54) is 153 Å². The molecule has 0 aliphatic carbocycles. The molecule has 0 radical (unpaired) electrons. The number of hydrogen-bond acceptors (Lipinski definition) is 4. The Kier molecular flexibility index (Phi) is 28.0. The van der Waals surface area contributed by atoms with Crippen LogP contribution >= 0.6 is 0 Å². The summed E-state index contributed by atoms with van der Waals surface area (Å²) in [6.45, 7) is 4.42. The maximum Gasteiger partial charge on any atom is 0.257 e. The van der Waals surface area contributed by atoms with Crippen LogP contribution in [0.1, 0.15) is 206 Å².